The van der Waals surface area contributed by atoms with Gasteiger partial charge in [-0.25, -0.2) is 13.4 Å². The molecule has 1 aliphatic heterocycles. The van der Waals surface area contributed by atoms with Gasteiger partial charge in [0.1, 0.15) is 11.5 Å². The minimum absolute atomic E-state index is 0.0454. The fraction of sp³-hybridized carbons (Fsp3) is 0.353. The van der Waals surface area contributed by atoms with Crippen molar-refractivity contribution in [3.8, 4) is 10.6 Å². The SMILES string of the molecule is Cc1cc(-c2cc(S(=O)(=O)N3Cc4nc(C)n(C)c(=O)c4C3)c(C)s2)n[nH]1. The molecule has 0 unspecified atom stereocenters. The number of aromatic amines is 1. The quantitative estimate of drug-likeness (QED) is 0.717. The van der Waals surface area contributed by atoms with E-state index in [-0.39, 0.29) is 23.5 Å². The Hall–Kier alpha value is -2.30. The zero-order chi connectivity index (χ0) is 19.5. The Labute approximate surface area is 160 Å². The monoisotopic (exact) mass is 405 g/mol. The predicted molar refractivity (Wildman–Crippen MR) is 102 cm³/mol. The van der Waals surface area contributed by atoms with E-state index in [1.54, 1.807) is 27.0 Å². The lowest BCUT2D eigenvalue weighted by molar-refractivity contribution is 0.429. The summed E-state index contributed by atoms with van der Waals surface area (Å²) in [6.07, 6.45) is 0. The van der Waals surface area contributed by atoms with Crippen LogP contribution in [0.25, 0.3) is 10.6 Å². The summed E-state index contributed by atoms with van der Waals surface area (Å²) in [5, 5.41) is 7.08. The Kier molecular flexibility index (Phi) is 4.09. The van der Waals surface area contributed by atoms with Gasteiger partial charge in [0.05, 0.1) is 27.6 Å². The second-order valence-corrected chi connectivity index (χ2v) is 9.85. The van der Waals surface area contributed by atoms with E-state index in [4.69, 9.17) is 0 Å². The van der Waals surface area contributed by atoms with Gasteiger partial charge in [-0.05, 0) is 32.9 Å². The van der Waals surface area contributed by atoms with Crippen molar-refractivity contribution in [3.63, 3.8) is 0 Å². The molecule has 0 saturated carbocycles. The molecule has 3 aromatic heterocycles. The Morgan fingerprint density at radius 2 is 1.93 bits per heavy atom. The zero-order valence-corrected chi connectivity index (χ0v) is 17.0. The molecule has 1 N–H and O–H groups in total. The first kappa shape index (κ1) is 18.1. The summed E-state index contributed by atoms with van der Waals surface area (Å²) < 4.78 is 29.2. The molecule has 142 valence electrons. The number of aryl methyl sites for hydroxylation is 3. The van der Waals surface area contributed by atoms with Crippen molar-refractivity contribution < 1.29 is 8.42 Å². The number of aromatic nitrogens is 4. The molecule has 0 fully saturated rings. The highest BCUT2D eigenvalue weighted by molar-refractivity contribution is 7.89. The molecule has 1 aliphatic rings. The first-order valence-electron chi connectivity index (χ1n) is 8.37. The van der Waals surface area contributed by atoms with Crippen molar-refractivity contribution in [1.29, 1.82) is 0 Å². The zero-order valence-electron chi connectivity index (χ0n) is 15.4. The highest BCUT2D eigenvalue weighted by Crippen LogP contribution is 2.36. The van der Waals surface area contributed by atoms with Crippen molar-refractivity contribution in [2.75, 3.05) is 0 Å². The lowest BCUT2D eigenvalue weighted by Gasteiger charge is -2.14. The fourth-order valence-corrected chi connectivity index (χ4v) is 6.09. The summed E-state index contributed by atoms with van der Waals surface area (Å²) in [7, 11) is -2.10. The normalized spacial score (nSPS) is 14.7. The largest absolute Gasteiger partial charge is 0.300 e. The third kappa shape index (κ3) is 2.84. The Morgan fingerprint density at radius 3 is 2.59 bits per heavy atom. The van der Waals surface area contributed by atoms with Crippen LogP contribution in [0.3, 0.4) is 0 Å². The van der Waals surface area contributed by atoms with Gasteiger partial charge in [-0.2, -0.15) is 9.40 Å². The maximum absolute atomic E-state index is 13.2. The number of rotatable bonds is 3. The summed E-state index contributed by atoms with van der Waals surface area (Å²) in [5.74, 6) is 0.570. The minimum atomic E-state index is -3.74. The average molecular weight is 406 g/mol. The number of H-pyrrole nitrogens is 1. The van der Waals surface area contributed by atoms with Gasteiger partial charge in [0, 0.05) is 24.2 Å². The van der Waals surface area contributed by atoms with Gasteiger partial charge in [0.25, 0.3) is 5.56 Å². The third-order valence-electron chi connectivity index (χ3n) is 4.80. The smallest absolute Gasteiger partial charge is 0.258 e. The van der Waals surface area contributed by atoms with Crippen LogP contribution in [0.5, 0.6) is 0 Å². The van der Waals surface area contributed by atoms with Crippen molar-refractivity contribution in [2.24, 2.45) is 7.05 Å². The molecule has 0 aliphatic carbocycles. The molecule has 27 heavy (non-hydrogen) atoms. The van der Waals surface area contributed by atoms with E-state index in [9.17, 15) is 13.2 Å². The van der Waals surface area contributed by atoms with Crippen LogP contribution in [0.15, 0.2) is 21.8 Å². The van der Waals surface area contributed by atoms with Gasteiger partial charge in [-0.1, -0.05) is 0 Å². The fourth-order valence-electron chi connectivity index (χ4n) is 3.20. The highest BCUT2D eigenvalue weighted by atomic mass is 32.2. The average Bonchev–Trinajstić information content (AvgIpc) is 3.31. The number of hydrogen-bond donors (Lipinski definition) is 1. The predicted octanol–water partition coefficient (Wildman–Crippen LogP) is 1.86. The molecular weight excluding hydrogens is 386 g/mol. The van der Waals surface area contributed by atoms with Gasteiger partial charge < -0.3 is 0 Å². The van der Waals surface area contributed by atoms with E-state index in [1.165, 1.54) is 20.2 Å². The van der Waals surface area contributed by atoms with Gasteiger partial charge in [-0.15, -0.1) is 11.3 Å². The number of thiophene rings is 1. The van der Waals surface area contributed by atoms with Crippen LogP contribution in [0.2, 0.25) is 0 Å². The molecule has 0 aromatic carbocycles. The molecule has 0 amide bonds. The van der Waals surface area contributed by atoms with E-state index in [2.05, 4.69) is 15.2 Å². The van der Waals surface area contributed by atoms with Crippen molar-refractivity contribution in [2.45, 2.75) is 38.8 Å². The molecule has 4 heterocycles. The topological polar surface area (TPSA) is 101 Å². The Bertz CT molecular complexity index is 1220. The van der Waals surface area contributed by atoms with Crippen molar-refractivity contribution in [3.05, 3.63) is 50.1 Å². The summed E-state index contributed by atoms with van der Waals surface area (Å²) in [6.45, 7) is 5.57. The lowest BCUT2D eigenvalue weighted by Crippen LogP contribution is -2.27. The van der Waals surface area contributed by atoms with E-state index >= 15 is 0 Å². The van der Waals surface area contributed by atoms with Crippen LogP contribution in [-0.2, 0) is 30.2 Å². The molecule has 4 rings (SSSR count). The van der Waals surface area contributed by atoms with E-state index < -0.39 is 10.0 Å². The second kappa shape index (κ2) is 6.11. The molecule has 0 radical (unpaired) electrons. The summed E-state index contributed by atoms with van der Waals surface area (Å²) in [5.41, 5.74) is 2.42. The van der Waals surface area contributed by atoms with Crippen LogP contribution in [0.4, 0.5) is 0 Å². The summed E-state index contributed by atoms with van der Waals surface area (Å²) in [6, 6.07) is 3.54. The number of hydrogen-bond acceptors (Lipinski definition) is 6. The van der Waals surface area contributed by atoms with Crippen molar-refractivity contribution in [1.82, 2.24) is 24.1 Å². The minimum Gasteiger partial charge on any atom is -0.300 e. The molecule has 0 atom stereocenters. The van der Waals surface area contributed by atoms with E-state index in [0.29, 0.717) is 22.0 Å². The lowest BCUT2D eigenvalue weighted by atomic mass is 10.2. The van der Waals surface area contributed by atoms with Crippen LogP contribution in [0, 0.1) is 20.8 Å². The van der Waals surface area contributed by atoms with Crippen LogP contribution in [0.1, 0.15) is 27.7 Å². The van der Waals surface area contributed by atoms with Gasteiger partial charge in [0.15, 0.2) is 0 Å². The Balaban J connectivity index is 1.72. The molecule has 8 nitrogen and oxygen atoms in total. The summed E-state index contributed by atoms with van der Waals surface area (Å²) >= 11 is 1.39. The van der Waals surface area contributed by atoms with E-state index in [1.807, 2.05) is 13.0 Å². The maximum atomic E-state index is 13.2. The van der Waals surface area contributed by atoms with E-state index in [0.717, 1.165) is 16.3 Å². The van der Waals surface area contributed by atoms with Crippen LogP contribution < -0.4 is 5.56 Å². The van der Waals surface area contributed by atoms with Crippen LogP contribution in [-0.4, -0.2) is 32.5 Å². The third-order valence-corrected chi connectivity index (χ3v) is 7.92. The summed E-state index contributed by atoms with van der Waals surface area (Å²) in [4.78, 5) is 18.6. The molecule has 3 aromatic rings. The number of nitrogens with zero attached hydrogens (tertiary/aromatic N) is 4. The molecule has 0 bridgehead atoms. The molecular formula is C17H19N5O3S2. The van der Waals surface area contributed by atoms with Gasteiger partial charge in [0.2, 0.25) is 10.0 Å². The molecule has 10 heteroatoms. The number of fused-ring (bicyclic) bond motifs is 1. The highest BCUT2D eigenvalue weighted by Gasteiger charge is 2.35. The van der Waals surface area contributed by atoms with Gasteiger partial charge in [-0.3, -0.25) is 14.5 Å². The van der Waals surface area contributed by atoms with Crippen LogP contribution >= 0.6 is 11.3 Å². The molecule has 0 saturated heterocycles. The first-order chi connectivity index (χ1) is 12.7. The number of sulfonamides is 1. The van der Waals surface area contributed by atoms with Crippen molar-refractivity contribution >= 4 is 21.4 Å². The Morgan fingerprint density at radius 1 is 1.19 bits per heavy atom. The first-order valence-corrected chi connectivity index (χ1v) is 10.6. The van der Waals surface area contributed by atoms with Gasteiger partial charge >= 0.3 is 0 Å². The number of nitrogens with one attached hydrogen (secondary N) is 1. The second-order valence-electron chi connectivity index (χ2n) is 6.69. The standard InChI is InChI=1S/C17H19N5O3S2/c1-9-5-13(20-19-9)15-6-16(10(2)26-15)27(24,25)22-7-12-14(8-22)18-11(3)21(4)17(12)23/h5-6H,7-8H2,1-4H3,(H,19,20). The maximum Gasteiger partial charge on any atom is 0.258 e. The molecule has 0 spiro atoms.